The van der Waals surface area contributed by atoms with Gasteiger partial charge >= 0.3 is 5.97 Å². The lowest BCUT2D eigenvalue weighted by atomic mass is 9.98. The third-order valence-corrected chi connectivity index (χ3v) is 6.76. The van der Waals surface area contributed by atoms with Gasteiger partial charge in [0, 0.05) is 36.6 Å². The summed E-state index contributed by atoms with van der Waals surface area (Å²) < 4.78 is 5.10. The first-order chi connectivity index (χ1) is 14.6. The Hall–Kier alpha value is -1.90. The molecule has 2 aromatic rings. The number of methoxy groups -OCH3 is 1. The second-order valence-corrected chi connectivity index (χ2v) is 9.09. The number of hydrogen-bond acceptors (Lipinski definition) is 7. The number of nitrogens with zero attached hydrogens (tertiary/aromatic N) is 3. The molecule has 30 heavy (non-hydrogen) atoms. The van der Waals surface area contributed by atoms with Crippen LogP contribution in [0.1, 0.15) is 35.3 Å². The predicted octanol–water partition coefficient (Wildman–Crippen LogP) is 3.54. The average Bonchev–Trinajstić information content (AvgIpc) is 3.30. The van der Waals surface area contributed by atoms with Crippen molar-refractivity contribution >= 4 is 35.0 Å². The van der Waals surface area contributed by atoms with E-state index in [1.807, 2.05) is 42.1 Å². The fourth-order valence-electron chi connectivity index (χ4n) is 3.93. The van der Waals surface area contributed by atoms with E-state index in [1.165, 1.54) is 7.11 Å². The molecule has 3 rings (SSSR count). The molecule has 0 spiro atoms. The van der Waals surface area contributed by atoms with E-state index in [0.29, 0.717) is 12.0 Å². The maximum atomic E-state index is 13.5. The summed E-state index contributed by atoms with van der Waals surface area (Å²) in [4.78, 5) is 34.7. The number of carbonyl (C=O) groups is 2. The second kappa shape index (κ2) is 11.5. The summed E-state index contributed by atoms with van der Waals surface area (Å²) in [6.45, 7) is 2.57. The Morgan fingerprint density at radius 2 is 2.03 bits per heavy atom. The van der Waals surface area contributed by atoms with Gasteiger partial charge < -0.3 is 9.64 Å². The highest BCUT2D eigenvalue weighted by Gasteiger charge is 2.37. The molecule has 0 unspecified atom stereocenters. The van der Waals surface area contributed by atoms with Crippen LogP contribution >= 0.6 is 23.1 Å². The number of thiazole rings is 1. The van der Waals surface area contributed by atoms with Crippen LogP contribution in [0.2, 0.25) is 0 Å². The number of likely N-dealkylation sites (tertiary alicyclic amines) is 1. The third-order valence-electron chi connectivity index (χ3n) is 5.48. The first-order valence-electron chi connectivity index (χ1n) is 10.2. The molecule has 1 saturated heterocycles. The molecule has 8 heteroatoms. The molecule has 1 aliphatic heterocycles. The highest BCUT2D eigenvalue weighted by molar-refractivity contribution is 7.98. The molecule has 1 aromatic carbocycles. The fraction of sp³-hybridized carbons (Fsp3) is 0.500. The van der Waals surface area contributed by atoms with Crippen LogP contribution in [-0.2, 0) is 16.1 Å². The van der Waals surface area contributed by atoms with Crippen LogP contribution in [0.25, 0.3) is 0 Å². The summed E-state index contributed by atoms with van der Waals surface area (Å²) in [5.74, 6) is 0.365. The number of hydrogen-bond donors (Lipinski definition) is 0. The zero-order valence-corrected chi connectivity index (χ0v) is 19.2. The number of benzene rings is 1. The van der Waals surface area contributed by atoms with Gasteiger partial charge in [0.2, 0.25) is 0 Å². The lowest BCUT2D eigenvalue weighted by Gasteiger charge is -2.41. The maximum absolute atomic E-state index is 13.5. The molecule has 162 valence electrons. The summed E-state index contributed by atoms with van der Waals surface area (Å²) in [5, 5.41) is 2.08. The molecule has 2 heterocycles. The maximum Gasteiger partial charge on any atom is 0.328 e. The number of aromatic nitrogens is 1. The van der Waals surface area contributed by atoms with Crippen molar-refractivity contribution in [2.75, 3.05) is 32.2 Å². The smallest absolute Gasteiger partial charge is 0.328 e. The van der Waals surface area contributed by atoms with E-state index >= 15 is 0 Å². The van der Waals surface area contributed by atoms with Crippen molar-refractivity contribution in [3.8, 4) is 0 Å². The summed E-state index contributed by atoms with van der Waals surface area (Å²) in [6.07, 6.45) is 4.26. The zero-order chi connectivity index (χ0) is 21.3. The minimum Gasteiger partial charge on any atom is -0.467 e. The Kier molecular flexibility index (Phi) is 8.72. The van der Waals surface area contributed by atoms with Crippen LogP contribution in [0.15, 0.2) is 41.2 Å². The van der Waals surface area contributed by atoms with Crippen molar-refractivity contribution in [2.45, 2.75) is 37.9 Å². The molecular weight excluding hydrogens is 418 g/mol. The van der Waals surface area contributed by atoms with Gasteiger partial charge in [-0.05, 0) is 43.4 Å². The van der Waals surface area contributed by atoms with E-state index in [0.717, 1.165) is 43.9 Å². The van der Waals surface area contributed by atoms with Crippen molar-refractivity contribution < 1.29 is 14.3 Å². The highest BCUT2D eigenvalue weighted by atomic mass is 32.2. The first-order valence-corrected chi connectivity index (χ1v) is 12.5. The van der Waals surface area contributed by atoms with Crippen LogP contribution in [0.4, 0.5) is 0 Å². The molecule has 0 saturated carbocycles. The van der Waals surface area contributed by atoms with Crippen LogP contribution in [0.5, 0.6) is 0 Å². The van der Waals surface area contributed by atoms with Crippen molar-refractivity contribution in [1.82, 2.24) is 14.8 Å². The number of rotatable bonds is 9. The van der Waals surface area contributed by atoms with Crippen LogP contribution in [-0.4, -0.2) is 71.0 Å². The van der Waals surface area contributed by atoms with Gasteiger partial charge in [0.05, 0.1) is 18.3 Å². The highest BCUT2D eigenvalue weighted by Crippen LogP contribution is 2.25. The Bertz CT molecular complexity index is 793. The summed E-state index contributed by atoms with van der Waals surface area (Å²) in [5.41, 5.74) is 3.55. The number of piperidine rings is 1. The second-order valence-electron chi connectivity index (χ2n) is 7.39. The monoisotopic (exact) mass is 447 g/mol. The van der Waals surface area contributed by atoms with Gasteiger partial charge in [0.15, 0.2) is 0 Å². The van der Waals surface area contributed by atoms with Gasteiger partial charge in [0.1, 0.15) is 6.04 Å². The Labute approximate surface area is 186 Å². The minimum atomic E-state index is -0.565. The topological polar surface area (TPSA) is 62.7 Å². The van der Waals surface area contributed by atoms with Crippen LogP contribution < -0.4 is 0 Å². The third kappa shape index (κ3) is 5.83. The molecule has 6 nitrogen and oxygen atoms in total. The Morgan fingerprint density at radius 3 is 2.63 bits per heavy atom. The Balaban J connectivity index is 1.78. The molecule has 0 N–H and O–H groups in total. The summed E-state index contributed by atoms with van der Waals surface area (Å²) in [6, 6.07) is 8.68. The molecule has 0 aliphatic carbocycles. The predicted molar refractivity (Wildman–Crippen MR) is 122 cm³/mol. The molecule has 0 bridgehead atoms. The molecule has 1 aromatic heterocycles. The van der Waals surface area contributed by atoms with E-state index in [-0.39, 0.29) is 17.9 Å². The quantitative estimate of drug-likeness (QED) is 0.548. The largest absolute Gasteiger partial charge is 0.467 e. The van der Waals surface area contributed by atoms with E-state index < -0.39 is 6.04 Å². The van der Waals surface area contributed by atoms with Crippen LogP contribution in [0, 0.1) is 0 Å². The standard InChI is InChI=1S/C22H29N3O3S2/c1-28-22(27)20(10-13-29-2)25(21(26)17-6-4-3-5-7-17)19-8-11-24(12-9-19)14-18-15-30-16-23-18/h3-7,15-16,19-20H,8-14H2,1-2H3/t20-/m0/s1. The fourth-order valence-corrected chi connectivity index (χ4v) is 4.94. The number of esters is 1. The lowest BCUT2D eigenvalue weighted by Crippen LogP contribution is -2.54. The Morgan fingerprint density at radius 1 is 1.30 bits per heavy atom. The molecule has 1 fully saturated rings. The van der Waals surface area contributed by atoms with E-state index in [1.54, 1.807) is 28.0 Å². The number of amides is 1. The van der Waals surface area contributed by atoms with Gasteiger partial charge in [-0.25, -0.2) is 9.78 Å². The normalized spacial score (nSPS) is 16.2. The molecule has 1 amide bonds. The molecule has 1 atom stereocenters. The van der Waals surface area contributed by atoms with Crippen molar-refractivity contribution in [1.29, 1.82) is 0 Å². The summed E-state index contributed by atoms with van der Waals surface area (Å²) in [7, 11) is 1.40. The van der Waals surface area contributed by atoms with Crippen molar-refractivity contribution in [3.63, 3.8) is 0 Å². The van der Waals surface area contributed by atoms with Crippen molar-refractivity contribution in [3.05, 3.63) is 52.5 Å². The number of ether oxygens (including phenoxy) is 1. The molecular formula is C22H29N3O3S2. The van der Waals surface area contributed by atoms with Crippen LogP contribution in [0.3, 0.4) is 0 Å². The van der Waals surface area contributed by atoms with Gasteiger partial charge in [-0.1, -0.05) is 18.2 Å². The molecule has 0 radical (unpaired) electrons. The van der Waals surface area contributed by atoms with Gasteiger partial charge in [-0.15, -0.1) is 11.3 Å². The zero-order valence-electron chi connectivity index (χ0n) is 17.5. The van der Waals surface area contributed by atoms with E-state index in [4.69, 9.17) is 4.74 Å². The van der Waals surface area contributed by atoms with Crippen molar-refractivity contribution in [2.24, 2.45) is 0 Å². The lowest BCUT2D eigenvalue weighted by molar-refractivity contribution is -0.147. The molecule has 1 aliphatic rings. The van der Waals surface area contributed by atoms with E-state index in [9.17, 15) is 9.59 Å². The average molecular weight is 448 g/mol. The van der Waals surface area contributed by atoms with Gasteiger partial charge in [-0.3, -0.25) is 9.69 Å². The minimum absolute atomic E-state index is 0.00958. The summed E-state index contributed by atoms with van der Waals surface area (Å²) >= 11 is 3.28. The van der Waals surface area contributed by atoms with Gasteiger partial charge in [0.25, 0.3) is 5.91 Å². The number of thioether (sulfide) groups is 1. The van der Waals surface area contributed by atoms with E-state index in [2.05, 4.69) is 15.3 Å². The number of carbonyl (C=O) groups excluding carboxylic acids is 2. The first kappa shape index (κ1) is 22.8. The van der Waals surface area contributed by atoms with Gasteiger partial charge in [-0.2, -0.15) is 11.8 Å². The SMILES string of the molecule is COC(=O)[C@H](CCSC)N(C(=O)c1ccccc1)C1CCN(Cc2cscn2)CC1.